The second kappa shape index (κ2) is 8.35. The summed E-state index contributed by atoms with van der Waals surface area (Å²) in [5.41, 5.74) is 0.00228. The third kappa shape index (κ3) is 5.34. The highest BCUT2D eigenvalue weighted by Crippen LogP contribution is 2.29. The van der Waals surface area contributed by atoms with Gasteiger partial charge in [-0.15, -0.1) is 0 Å². The van der Waals surface area contributed by atoms with E-state index in [0.717, 1.165) is 12.8 Å². The predicted molar refractivity (Wildman–Crippen MR) is 84.7 cm³/mol. The van der Waals surface area contributed by atoms with E-state index in [1.807, 2.05) is 7.11 Å². The summed E-state index contributed by atoms with van der Waals surface area (Å²) in [6.07, 6.45) is 9.18. The van der Waals surface area contributed by atoms with E-state index < -0.39 is 0 Å². The minimum absolute atomic E-state index is 0.00228. The molecule has 0 saturated heterocycles. The predicted octanol–water partition coefficient (Wildman–Crippen LogP) is 4.55. The first-order chi connectivity index (χ1) is 9.40. The molecule has 3 nitrogen and oxygen atoms in total. The van der Waals surface area contributed by atoms with Gasteiger partial charge in [0, 0.05) is 18.7 Å². The van der Waals surface area contributed by atoms with Crippen molar-refractivity contribution in [2.45, 2.75) is 103 Å². The molecule has 20 heavy (non-hydrogen) atoms. The molecule has 0 aliphatic heterocycles. The summed E-state index contributed by atoms with van der Waals surface area (Å²) in [6, 6.07) is 0.390. The monoisotopic (exact) mass is 285 g/mol. The molecular formula is C17H35NO2. The molecule has 1 rings (SSSR count). The molecule has 120 valence electrons. The first-order valence-corrected chi connectivity index (χ1v) is 8.39. The third-order valence-corrected chi connectivity index (χ3v) is 4.40. The zero-order chi connectivity index (χ0) is 15.2. The van der Waals surface area contributed by atoms with Crippen molar-refractivity contribution in [1.82, 2.24) is 5.06 Å². The maximum atomic E-state index is 6.39. The summed E-state index contributed by atoms with van der Waals surface area (Å²) in [4.78, 5) is 6.39. The summed E-state index contributed by atoms with van der Waals surface area (Å²) in [6.45, 7) is 11.2. The number of hydroxylamine groups is 2. The standard InChI is InChI=1S/C17H35NO2/c1-7-15(19-6)13-17(4,5)18(14(2)3)20-16-11-9-8-10-12-16/h14-16H,7-13H2,1-6H3. The van der Waals surface area contributed by atoms with Gasteiger partial charge in [0.1, 0.15) is 0 Å². The van der Waals surface area contributed by atoms with Gasteiger partial charge in [0.05, 0.1) is 12.2 Å². The lowest BCUT2D eigenvalue weighted by molar-refractivity contribution is -0.272. The molecule has 0 aromatic carbocycles. The molecular weight excluding hydrogens is 250 g/mol. The lowest BCUT2D eigenvalue weighted by Crippen LogP contribution is -2.51. The van der Waals surface area contributed by atoms with E-state index in [-0.39, 0.29) is 5.54 Å². The maximum absolute atomic E-state index is 6.39. The first-order valence-electron chi connectivity index (χ1n) is 8.39. The van der Waals surface area contributed by atoms with Crippen molar-refractivity contribution < 1.29 is 9.57 Å². The normalized spacial score (nSPS) is 19.8. The minimum Gasteiger partial charge on any atom is -0.381 e. The summed E-state index contributed by atoms with van der Waals surface area (Å²) < 4.78 is 5.57. The SMILES string of the molecule is CCC(CC(C)(C)N(OC1CCCCC1)C(C)C)OC. The van der Waals surface area contributed by atoms with E-state index in [1.165, 1.54) is 32.1 Å². The van der Waals surface area contributed by atoms with E-state index in [4.69, 9.17) is 9.57 Å². The molecule has 0 bridgehead atoms. The van der Waals surface area contributed by atoms with E-state index in [9.17, 15) is 0 Å². The third-order valence-electron chi connectivity index (χ3n) is 4.40. The van der Waals surface area contributed by atoms with Gasteiger partial charge in [-0.25, -0.2) is 0 Å². The minimum atomic E-state index is 0.00228. The van der Waals surface area contributed by atoms with E-state index in [1.54, 1.807) is 0 Å². The Morgan fingerprint density at radius 3 is 2.20 bits per heavy atom. The Morgan fingerprint density at radius 1 is 1.15 bits per heavy atom. The zero-order valence-corrected chi connectivity index (χ0v) is 14.4. The van der Waals surface area contributed by atoms with Crippen LogP contribution in [0.15, 0.2) is 0 Å². The Balaban J connectivity index is 2.66. The Morgan fingerprint density at radius 2 is 1.75 bits per heavy atom. The number of hydrogen-bond donors (Lipinski definition) is 0. The fourth-order valence-electron chi connectivity index (χ4n) is 3.34. The van der Waals surface area contributed by atoms with Crippen LogP contribution in [0, 0.1) is 0 Å². The number of nitrogens with zero attached hydrogens (tertiary/aromatic N) is 1. The fourth-order valence-corrected chi connectivity index (χ4v) is 3.34. The average Bonchev–Trinajstić information content (AvgIpc) is 2.42. The Hall–Kier alpha value is -0.120. The van der Waals surface area contributed by atoms with Gasteiger partial charge < -0.3 is 4.74 Å². The average molecular weight is 285 g/mol. The smallest absolute Gasteiger partial charge is 0.0793 e. The summed E-state index contributed by atoms with van der Waals surface area (Å²) in [5, 5.41) is 2.23. The largest absolute Gasteiger partial charge is 0.381 e. The van der Waals surface area contributed by atoms with Crippen LogP contribution < -0.4 is 0 Å². The number of hydrogen-bond acceptors (Lipinski definition) is 3. The molecule has 0 amide bonds. The van der Waals surface area contributed by atoms with Gasteiger partial charge in [0.15, 0.2) is 0 Å². The second-order valence-corrected chi connectivity index (χ2v) is 7.07. The van der Waals surface area contributed by atoms with E-state index in [2.05, 4.69) is 39.7 Å². The molecule has 0 aromatic heterocycles. The Bertz CT molecular complexity index is 256. The van der Waals surface area contributed by atoms with Crippen LogP contribution in [0.1, 0.15) is 79.6 Å². The van der Waals surface area contributed by atoms with Crippen LogP contribution in [0.4, 0.5) is 0 Å². The van der Waals surface area contributed by atoms with Gasteiger partial charge in [0.2, 0.25) is 0 Å². The molecule has 1 saturated carbocycles. The van der Waals surface area contributed by atoms with Crippen molar-refractivity contribution in [1.29, 1.82) is 0 Å². The summed E-state index contributed by atoms with van der Waals surface area (Å²) in [5.74, 6) is 0. The highest BCUT2D eigenvalue weighted by Gasteiger charge is 2.34. The lowest BCUT2D eigenvalue weighted by atomic mass is 9.93. The molecule has 0 spiro atoms. The highest BCUT2D eigenvalue weighted by atomic mass is 16.7. The maximum Gasteiger partial charge on any atom is 0.0793 e. The molecule has 3 heteroatoms. The van der Waals surface area contributed by atoms with Gasteiger partial charge in [0.25, 0.3) is 0 Å². The van der Waals surface area contributed by atoms with Crippen LogP contribution in [-0.4, -0.2) is 36.0 Å². The lowest BCUT2D eigenvalue weighted by Gasteiger charge is -2.44. The van der Waals surface area contributed by atoms with E-state index >= 15 is 0 Å². The van der Waals surface area contributed by atoms with Crippen molar-refractivity contribution in [3.8, 4) is 0 Å². The van der Waals surface area contributed by atoms with Crippen LogP contribution in [0.25, 0.3) is 0 Å². The summed E-state index contributed by atoms with van der Waals surface area (Å²) in [7, 11) is 1.81. The van der Waals surface area contributed by atoms with Crippen molar-refractivity contribution in [3.63, 3.8) is 0 Å². The summed E-state index contributed by atoms with van der Waals surface area (Å²) >= 11 is 0. The Kier molecular flexibility index (Phi) is 7.49. The van der Waals surface area contributed by atoms with Crippen molar-refractivity contribution in [2.24, 2.45) is 0 Å². The van der Waals surface area contributed by atoms with Gasteiger partial charge >= 0.3 is 0 Å². The molecule has 0 heterocycles. The second-order valence-electron chi connectivity index (χ2n) is 7.07. The van der Waals surface area contributed by atoms with Gasteiger partial charge in [-0.05, 0) is 53.4 Å². The quantitative estimate of drug-likeness (QED) is 0.610. The highest BCUT2D eigenvalue weighted by molar-refractivity contribution is 4.83. The fraction of sp³-hybridized carbons (Fsp3) is 1.00. The van der Waals surface area contributed by atoms with Crippen LogP contribution in [0.3, 0.4) is 0 Å². The van der Waals surface area contributed by atoms with Crippen LogP contribution in [0.5, 0.6) is 0 Å². The molecule has 1 aliphatic rings. The molecule has 1 unspecified atom stereocenters. The molecule has 1 fully saturated rings. The van der Waals surface area contributed by atoms with Gasteiger partial charge in [-0.3, -0.25) is 4.84 Å². The first kappa shape index (κ1) is 17.9. The number of rotatable bonds is 8. The number of methoxy groups -OCH3 is 1. The number of ether oxygens (including phenoxy) is 1. The Labute approximate surface area is 126 Å². The van der Waals surface area contributed by atoms with Crippen molar-refractivity contribution in [3.05, 3.63) is 0 Å². The van der Waals surface area contributed by atoms with Gasteiger partial charge in [-0.1, -0.05) is 26.2 Å². The van der Waals surface area contributed by atoms with Crippen molar-refractivity contribution >= 4 is 0 Å². The topological polar surface area (TPSA) is 21.7 Å². The van der Waals surface area contributed by atoms with Gasteiger partial charge in [-0.2, -0.15) is 5.06 Å². The molecule has 0 N–H and O–H groups in total. The van der Waals surface area contributed by atoms with Crippen LogP contribution >= 0.6 is 0 Å². The molecule has 0 radical (unpaired) electrons. The van der Waals surface area contributed by atoms with Crippen LogP contribution in [-0.2, 0) is 9.57 Å². The van der Waals surface area contributed by atoms with Crippen molar-refractivity contribution in [2.75, 3.05) is 7.11 Å². The zero-order valence-electron chi connectivity index (χ0n) is 14.4. The molecule has 1 atom stereocenters. The molecule has 0 aromatic rings. The van der Waals surface area contributed by atoms with Crippen LogP contribution in [0.2, 0.25) is 0 Å². The molecule has 1 aliphatic carbocycles. The van der Waals surface area contributed by atoms with E-state index in [0.29, 0.717) is 18.2 Å².